The highest BCUT2D eigenvalue weighted by molar-refractivity contribution is 5.74. The van der Waals surface area contributed by atoms with E-state index in [-0.39, 0.29) is 12.1 Å². The van der Waals surface area contributed by atoms with Gasteiger partial charge >= 0.3 is 6.03 Å². The predicted molar refractivity (Wildman–Crippen MR) is 114 cm³/mol. The fraction of sp³-hybridized carbons (Fsp3) is 0.304. The van der Waals surface area contributed by atoms with Gasteiger partial charge in [-0.25, -0.2) is 9.48 Å². The molecule has 1 fully saturated rings. The first kappa shape index (κ1) is 19.2. The monoisotopic (exact) mass is 389 g/mol. The van der Waals surface area contributed by atoms with E-state index in [2.05, 4.69) is 52.6 Å². The van der Waals surface area contributed by atoms with Crippen molar-refractivity contribution in [1.29, 1.82) is 0 Å². The first-order valence-corrected chi connectivity index (χ1v) is 10.1. The number of nitrogens with one attached hydrogen (secondary N) is 1. The van der Waals surface area contributed by atoms with E-state index in [0.29, 0.717) is 6.54 Å². The van der Waals surface area contributed by atoms with E-state index in [1.54, 1.807) is 6.20 Å². The normalized spacial score (nSPS) is 17.3. The van der Waals surface area contributed by atoms with Crippen LogP contribution in [-0.2, 0) is 13.1 Å². The summed E-state index contributed by atoms with van der Waals surface area (Å²) in [6.07, 6.45) is 3.67. The Morgan fingerprint density at radius 2 is 1.90 bits per heavy atom. The Hall–Kier alpha value is -3.12. The minimum absolute atomic E-state index is 0.00125. The lowest BCUT2D eigenvalue weighted by Crippen LogP contribution is -2.56. The lowest BCUT2D eigenvalue weighted by Gasteiger charge is -2.39. The smallest absolute Gasteiger partial charge is 0.317 e. The third-order valence-electron chi connectivity index (χ3n) is 5.34. The fourth-order valence-electron chi connectivity index (χ4n) is 3.83. The molecule has 2 heterocycles. The van der Waals surface area contributed by atoms with Gasteiger partial charge in [0.05, 0.1) is 5.69 Å². The first-order chi connectivity index (χ1) is 14.2. The van der Waals surface area contributed by atoms with Crippen molar-refractivity contribution < 1.29 is 4.79 Å². The molecule has 6 heteroatoms. The largest absolute Gasteiger partial charge is 0.334 e. The Kier molecular flexibility index (Phi) is 5.91. The number of hydrogen-bond donors (Lipinski definition) is 1. The SMILES string of the molecule is C[C@@H]1CN(Cc2ccccc2)CCN1C(=O)NCc1cccc(-n2cccn2)c1. The zero-order valence-corrected chi connectivity index (χ0v) is 16.7. The quantitative estimate of drug-likeness (QED) is 0.729. The highest BCUT2D eigenvalue weighted by Gasteiger charge is 2.27. The maximum atomic E-state index is 12.7. The predicted octanol–water partition coefficient (Wildman–Crippen LogP) is 3.29. The summed E-state index contributed by atoms with van der Waals surface area (Å²) >= 11 is 0. The summed E-state index contributed by atoms with van der Waals surface area (Å²) in [6, 6.07) is 20.6. The molecule has 1 saturated heterocycles. The zero-order chi connectivity index (χ0) is 20.1. The van der Waals surface area contributed by atoms with Gasteiger partial charge in [0.25, 0.3) is 0 Å². The van der Waals surface area contributed by atoms with Gasteiger partial charge in [0.1, 0.15) is 0 Å². The van der Waals surface area contributed by atoms with Crippen molar-refractivity contribution >= 4 is 6.03 Å². The van der Waals surface area contributed by atoms with E-state index in [4.69, 9.17) is 0 Å². The van der Waals surface area contributed by atoms with Crippen molar-refractivity contribution in [2.45, 2.75) is 26.1 Å². The van der Waals surface area contributed by atoms with E-state index < -0.39 is 0 Å². The summed E-state index contributed by atoms with van der Waals surface area (Å²) in [5.41, 5.74) is 3.36. The Labute approximate surface area is 171 Å². The van der Waals surface area contributed by atoms with Gasteiger partial charge in [-0.15, -0.1) is 0 Å². The Balaban J connectivity index is 1.30. The lowest BCUT2D eigenvalue weighted by molar-refractivity contribution is 0.0973. The molecule has 0 aliphatic carbocycles. The fourth-order valence-corrected chi connectivity index (χ4v) is 3.83. The molecule has 0 saturated carbocycles. The van der Waals surface area contributed by atoms with E-state index in [9.17, 15) is 4.79 Å². The van der Waals surface area contributed by atoms with Crippen LogP contribution in [0.15, 0.2) is 73.1 Å². The Bertz CT molecular complexity index is 925. The molecule has 2 amide bonds. The standard InChI is InChI=1S/C23H27N5O/c1-19-17-26(18-20-7-3-2-4-8-20)13-14-27(19)23(29)24-16-21-9-5-10-22(15-21)28-12-6-11-25-28/h2-12,15,19H,13-14,16-18H2,1H3,(H,24,29)/t19-/m1/s1. The summed E-state index contributed by atoms with van der Waals surface area (Å²) in [7, 11) is 0. The molecule has 1 aromatic heterocycles. The lowest BCUT2D eigenvalue weighted by atomic mass is 10.1. The van der Waals surface area contributed by atoms with E-state index in [1.165, 1.54) is 5.56 Å². The molecule has 1 aliphatic heterocycles. The number of nitrogens with zero attached hydrogens (tertiary/aromatic N) is 4. The molecule has 2 aromatic carbocycles. The third kappa shape index (κ3) is 4.84. The van der Waals surface area contributed by atoms with E-state index in [0.717, 1.165) is 37.4 Å². The number of benzene rings is 2. The second-order valence-corrected chi connectivity index (χ2v) is 7.54. The highest BCUT2D eigenvalue weighted by atomic mass is 16.2. The molecule has 3 aromatic rings. The van der Waals surface area contributed by atoms with Crippen molar-refractivity contribution in [3.05, 3.63) is 84.2 Å². The molecular weight excluding hydrogens is 362 g/mol. The van der Waals surface area contributed by atoms with Gasteiger partial charge in [-0.2, -0.15) is 5.10 Å². The average Bonchev–Trinajstić information content (AvgIpc) is 3.28. The first-order valence-electron chi connectivity index (χ1n) is 10.1. The molecule has 1 aliphatic rings. The highest BCUT2D eigenvalue weighted by Crippen LogP contribution is 2.14. The number of aromatic nitrogens is 2. The summed E-state index contributed by atoms with van der Waals surface area (Å²) in [5, 5.41) is 7.33. The molecule has 0 radical (unpaired) electrons. The number of urea groups is 1. The molecule has 0 unspecified atom stereocenters. The topological polar surface area (TPSA) is 53.4 Å². The molecule has 150 valence electrons. The van der Waals surface area contributed by atoms with Crippen LogP contribution in [0, 0.1) is 0 Å². The Morgan fingerprint density at radius 3 is 2.66 bits per heavy atom. The summed E-state index contributed by atoms with van der Waals surface area (Å²) < 4.78 is 1.82. The van der Waals surface area contributed by atoms with Crippen LogP contribution in [0.1, 0.15) is 18.1 Å². The van der Waals surface area contributed by atoms with Crippen LogP contribution < -0.4 is 5.32 Å². The van der Waals surface area contributed by atoms with Gasteiger partial charge < -0.3 is 10.2 Å². The summed E-state index contributed by atoms with van der Waals surface area (Å²) in [6.45, 7) is 6.08. The molecule has 0 spiro atoms. The minimum atomic E-state index is 0.00125. The van der Waals surface area contributed by atoms with Gasteiger partial charge in [0, 0.05) is 51.2 Å². The van der Waals surface area contributed by atoms with E-state index >= 15 is 0 Å². The maximum Gasteiger partial charge on any atom is 0.317 e. The van der Waals surface area contributed by atoms with Crippen LogP contribution >= 0.6 is 0 Å². The van der Waals surface area contributed by atoms with Crippen molar-refractivity contribution in [2.24, 2.45) is 0 Å². The van der Waals surface area contributed by atoms with Crippen LogP contribution in [0.5, 0.6) is 0 Å². The van der Waals surface area contributed by atoms with Crippen molar-refractivity contribution in [2.75, 3.05) is 19.6 Å². The molecule has 4 rings (SSSR count). The van der Waals surface area contributed by atoms with E-state index in [1.807, 2.05) is 46.1 Å². The van der Waals surface area contributed by atoms with Crippen LogP contribution in [0.25, 0.3) is 5.69 Å². The number of carbonyl (C=O) groups excluding carboxylic acids is 1. The molecule has 6 nitrogen and oxygen atoms in total. The van der Waals surface area contributed by atoms with Crippen molar-refractivity contribution in [3.63, 3.8) is 0 Å². The van der Waals surface area contributed by atoms with Crippen LogP contribution in [-0.4, -0.2) is 51.3 Å². The molecule has 0 bridgehead atoms. The van der Waals surface area contributed by atoms with Gasteiger partial charge in [-0.1, -0.05) is 42.5 Å². The second kappa shape index (κ2) is 8.92. The average molecular weight is 390 g/mol. The summed E-state index contributed by atoms with van der Waals surface area (Å²) in [5.74, 6) is 0. The molecule has 1 atom stereocenters. The molecule has 1 N–H and O–H groups in total. The molecule has 29 heavy (non-hydrogen) atoms. The Morgan fingerprint density at radius 1 is 1.07 bits per heavy atom. The zero-order valence-electron chi connectivity index (χ0n) is 16.7. The minimum Gasteiger partial charge on any atom is -0.334 e. The van der Waals surface area contributed by atoms with Crippen molar-refractivity contribution in [3.8, 4) is 5.69 Å². The third-order valence-corrected chi connectivity index (χ3v) is 5.34. The van der Waals surface area contributed by atoms with Gasteiger partial charge in [0.2, 0.25) is 0 Å². The number of rotatable bonds is 5. The number of carbonyl (C=O) groups is 1. The van der Waals surface area contributed by atoms with Crippen LogP contribution in [0.3, 0.4) is 0 Å². The van der Waals surface area contributed by atoms with Crippen LogP contribution in [0.4, 0.5) is 4.79 Å². The number of piperazine rings is 1. The second-order valence-electron chi connectivity index (χ2n) is 7.54. The number of amides is 2. The van der Waals surface area contributed by atoms with Gasteiger partial charge in [-0.05, 0) is 36.2 Å². The van der Waals surface area contributed by atoms with Crippen molar-refractivity contribution in [1.82, 2.24) is 24.9 Å². The van der Waals surface area contributed by atoms with Gasteiger partial charge in [-0.3, -0.25) is 4.90 Å². The van der Waals surface area contributed by atoms with Crippen LogP contribution in [0.2, 0.25) is 0 Å². The molecular formula is C23H27N5O. The summed E-state index contributed by atoms with van der Waals surface area (Å²) in [4.78, 5) is 17.1. The maximum absolute atomic E-state index is 12.7. The van der Waals surface area contributed by atoms with Gasteiger partial charge in [0.15, 0.2) is 0 Å². The number of hydrogen-bond acceptors (Lipinski definition) is 3.